The van der Waals surface area contributed by atoms with Crippen molar-refractivity contribution in [2.45, 2.75) is 64.5 Å². The molecule has 0 aliphatic carbocycles. The maximum atomic E-state index is 9.83. The standard InChI is InChI=1S/C12H25NO/c1-4-11-8-6-5-7-9-13(11)10-12(2,3)14/h11,14H,4-10H2,1-3H3. The second-order valence-corrected chi connectivity index (χ2v) is 5.19. The number of hydrogen-bond acceptors (Lipinski definition) is 2. The highest BCUT2D eigenvalue weighted by atomic mass is 16.3. The molecule has 0 amide bonds. The molecule has 0 aromatic heterocycles. The molecule has 0 radical (unpaired) electrons. The second kappa shape index (κ2) is 5.13. The molecule has 14 heavy (non-hydrogen) atoms. The average molecular weight is 199 g/mol. The molecule has 2 nitrogen and oxygen atoms in total. The minimum atomic E-state index is -0.544. The third-order valence-corrected chi connectivity index (χ3v) is 3.06. The van der Waals surface area contributed by atoms with Crippen LogP contribution in [0.2, 0.25) is 0 Å². The summed E-state index contributed by atoms with van der Waals surface area (Å²) in [6.07, 6.45) is 6.55. The van der Waals surface area contributed by atoms with Crippen molar-refractivity contribution >= 4 is 0 Å². The Hall–Kier alpha value is -0.0800. The Balaban J connectivity index is 2.52. The van der Waals surface area contributed by atoms with Crippen molar-refractivity contribution in [3.8, 4) is 0 Å². The fraction of sp³-hybridized carbons (Fsp3) is 1.00. The van der Waals surface area contributed by atoms with Crippen LogP contribution in [-0.4, -0.2) is 34.7 Å². The summed E-state index contributed by atoms with van der Waals surface area (Å²) in [5.74, 6) is 0. The molecule has 0 saturated carbocycles. The zero-order chi connectivity index (χ0) is 10.6. The number of hydrogen-bond donors (Lipinski definition) is 1. The molecule has 1 heterocycles. The van der Waals surface area contributed by atoms with E-state index >= 15 is 0 Å². The summed E-state index contributed by atoms with van der Waals surface area (Å²) >= 11 is 0. The summed E-state index contributed by atoms with van der Waals surface area (Å²) in [5.41, 5.74) is -0.544. The number of rotatable bonds is 3. The van der Waals surface area contributed by atoms with Gasteiger partial charge >= 0.3 is 0 Å². The van der Waals surface area contributed by atoms with Crippen molar-refractivity contribution < 1.29 is 5.11 Å². The van der Waals surface area contributed by atoms with Crippen LogP contribution in [0.1, 0.15) is 52.9 Å². The largest absolute Gasteiger partial charge is 0.389 e. The van der Waals surface area contributed by atoms with E-state index in [1.807, 2.05) is 13.8 Å². The summed E-state index contributed by atoms with van der Waals surface area (Å²) < 4.78 is 0. The molecule has 0 spiro atoms. The summed E-state index contributed by atoms with van der Waals surface area (Å²) in [7, 11) is 0. The minimum absolute atomic E-state index is 0.544. The molecule has 1 unspecified atom stereocenters. The summed E-state index contributed by atoms with van der Waals surface area (Å²) in [5, 5.41) is 9.83. The molecular formula is C12H25NO. The highest BCUT2D eigenvalue weighted by molar-refractivity contribution is 4.79. The van der Waals surface area contributed by atoms with E-state index in [1.165, 1.54) is 38.6 Å². The van der Waals surface area contributed by atoms with E-state index in [0.717, 1.165) is 6.54 Å². The Kier molecular flexibility index (Phi) is 4.39. The second-order valence-electron chi connectivity index (χ2n) is 5.19. The van der Waals surface area contributed by atoms with Gasteiger partial charge in [-0.1, -0.05) is 19.8 Å². The Bertz CT molecular complexity index is 162. The van der Waals surface area contributed by atoms with E-state index in [0.29, 0.717) is 6.04 Å². The van der Waals surface area contributed by atoms with Gasteiger partial charge in [-0.3, -0.25) is 4.90 Å². The molecule has 1 saturated heterocycles. The molecule has 1 rings (SSSR count). The molecule has 2 heteroatoms. The smallest absolute Gasteiger partial charge is 0.0718 e. The van der Waals surface area contributed by atoms with Gasteiger partial charge in [0.05, 0.1) is 5.60 Å². The van der Waals surface area contributed by atoms with Crippen LogP contribution in [-0.2, 0) is 0 Å². The Labute approximate surface area is 88.3 Å². The van der Waals surface area contributed by atoms with Crippen molar-refractivity contribution in [1.82, 2.24) is 4.90 Å². The van der Waals surface area contributed by atoms with Crippen molar-refractivity contribution in [2.75, 3.05) is 13.1 Å². The van der Waals surface area contributed by atoms with E-state index in [-0.39, 0.29) is 0 Å². The van der Waals surface area contributed by atoms with Crippen LogP contribution in [0, 0.1) is 0 Å². The van der Waals surface area contributed by atoms with Gasteiger partial charge in [0.1, 0.15) is 0 Å². The van der Waals surface area contributed by atoms with Crippen LogP contribution in [0.3, 0.4) is 0 Å². The Morgan fingerprint density at radius 3 is 2.57 bits per heavy atom. The Morgan fingerprint density at radius 1 is 1.29 bits per heavy atom. The lowest BCUT2D eigenvalue weighted by Crippen LogP contribution is -2.44. The topological polar surface area (TPSA) is 23.5 Å². The first-order chi connectivity index (χ1) is 6.53. The third-order valence-electron chi connectivity index (χ3n) is 3.06. The highest BCUT2D eigenvalue weighted by Crippen LogP contribution is 2.20. The first-order valence-electron chi connectivity index (χ1n) is 5.99. The van der Waals surface area contributed by atoms with E-state index in [9.17, 15) is 5.11 Å². The molecule has 1 atom stereocenters. The van der Waals surface area contributed by atoms with Gasteiger partial charge in [-0.15, -0.1) is 0 Å². The molecule has 1 aliphatic heterocycles. The zero-order valence-corrected chi connectivity index (χ0v) is 9.92. The molecule has 0 bridgehead atoms. The third kappa shape index (κ3) is 3.97. The maximum absolute atomic E-state index is 9.83. The fourth-order valence-corrected chi connectivity index (χ4v) is 2.40. The zero-order valence-electron chi connectivity index (χ0n) is 9.92. The SMILES string of the molecule is CCC1CCCCCN1CC(C)(C)O. The normalized spacial score (nSPS) is 26.1. The first kappa shape index (κ1) is 12.0. The number of β-amino-alcohol motifs (C(OH)–C–C–N with tert-alkyl or cyclic N) is 1. The van der Waals surface area contributed by atoms with Gasteiger partial charge in [0.25, 0.3) is 0 Å². The van der Waals surface area contributed by atoms with Crippen molar-refractivity contribution in [3.05, 3.63) is 0 Å². The van der Waals surface area contributed by atoms with Gasteiger partial charge in [-0.25, -0.2) is 0 Å². The highest BCUT2D eigenvalue weighted by Gasteiger charge is 2.24. The first-order valence-corrected chi connectivity index (χ1v) is 5.99. The average Bonchev–Trinajstić information content (AvgIpc) is 2.27. The van der Waals surface area contributed by atoms with Gasteiger partial charge in [-0.05, 0) is 39.7 Å². The molecule has 1 fully saturated rings. The molecular weight excluding hydrogens is 174 g/mol. The van der Waals surface area contributed by atoms with Crippen LogP contribution >= 0.6 is 0 Å². The monoisotopic (exact) mass is 199 g/mol. The lowest BCUT2D eigenvalue weighted by Gasteiger charge is -2.33. The van der Waals surface area contributed by atoms with E-state index in [2.05, 4.69) is 11.8 Å². The summed E-state index contributed by atoms with van der Waals surface area (Å²) in [6.45, 7) is 8.07. The van der Waals surface area contributed by atoms with Gasteiger partial charge in [0, 0.05) is 12.6 Å². The molecule has 0 aromatic rings. The molecule has 1 N–H and O–H groups in total. The lowest BCUT2D eigenvalue weighted by atomic mass is 10.0. The summed E-state index contributed by atoms with van der Waals surface area (Å²) in [6, 6.07) is 0.698. The predicted molar refractivity (Wildman–Crippen MR) is 60.4 cm³/mol. The molecule has 84 valence electrons. The van der Waals surface area contributed by atoms with Crippen LogP contribution in [0.25, 0.3) is 0 Å². The molecule has 1 aliphatic rings. The van der Waals surface area contributed by atoms with Crippen LogP contribution in [0.15, 0.2) is 0 Å². The van der Waals surface area contributed by atoms with E-state index < -0.39 is 5.60 Å². The molecule has 0 aromatic carbocycles. The van der Waals surface area contributed by atoms with Crippen molar-refractivity contribution in [3.63, 3.8) is 0 Å². The fourth-order valence-electron chi connectivity index (χ4n) is 2.40. The van der Waals surface area contributed by atoms with E-state index in [1.54, 1.807) is 0 Å². The Morgan fingerprint density at radius 2 is 2.00 bits per heavy atom. The summed E-state index contributed by atoms with van der Waals surface area (Å²) in [4.78, 5) is 2.48. The lowest BCUT2D eigenvalue weighted by molar-refractivity contribution is 0.0208. The minimum Gasteiger partial charge on any atom is -0.389 e. The van der Waals surface area contributed by atoms with Gasteiger partial charge in [-0.2, -0.15) is 0 Å². The van der Waals surface area contributed by atoms with Crippen LogP contribution < -0.4 is 0 Å². The number of likely N-dealkylation sites (tertiary alicyclic amines) is 1. The number of nitrogens with zero attached hydrogens (tertiary/aromatic N) is 1. The van der Waals surface area contributed by atoms with Crippen LogP contribution in [0.5, 0.6) is 0 Å². The quantitative estimate of drug-likeness (QED) is 0.754. The van der Waals surface area contributed by atoms with Gasteiger partial charge < -0.3 is 5.11 Å². The van der Waals surface area contributed by atoms with Gasteiger partial charge in [0.15, 0.2) is 0 Å². The maximum Gasteiger partial charge on any atom is 0.0718 e. The predicted octanol–water partition coefficient (Wildman–Crippen LogP) is 2.41. The van der Waals surface area contributed by atoms with Crippen LogP contribution in [0.4, 0.5) is 0 Å². The van der Waals surface area contributed by atoms with Gasteiger partial charge in [0.2, 0.25) is 0 Å². The van der Waals surface area contributed by atoms with Crippen molar-refractivity contribution in [1.29, 1.82) is 0 Å². The van der Waals surface area contributed by atoms with E-state index in [4.69, 9.17) is 0 Å². The number of aliphatic hydroxyl groups is 1. The van der Waals surface area contributed by atoms with Crippen molar-refractivity contribution in [2.24, 2.45) is 0 Å².